The first kappa shape index (κ1) is 10.7. The summed E-state index contributed by atoms with van der Waals surface area (Å²) in [7, 11) is 0. The lowest BCUT2D eigenvalue weighted by Gasteiger charge is -1.98. The van der Waals surface area contributed by atoms with E-state index < -0.39 is 0 Å². The van der Waals surface area contributed by atoms with Crippen LogP contribution in [0.25, 0.3) is 11.0 Å². The maximum absolute atomic E-state index is 11.3. The van der Waals surface area contributed by atoms with Crippen LogP contribution >= 0.6 is 0 Å². The Morgan fingerprint density at radius 3 is 3.00 bits per heavy atom. The molecule has 2 rings (SSSR count). The Bertz CT molecular complexity index is 517. The third kappa shape index (κ3) is 1.78. The molecule has 0 N–H and O–H groups in total. The Morgan fingerprint density at radius 1 is 1.50 bits per heavy atom. The van der Waals surface area contributed by atoms with E-state index in [9.17, 15) is 4.79 Å². The van der Waals surface area contributed by atoms with E-state index in [1.165, 1.54) is 0 Å². The van der Waals surface area contributed by atoms with Gasteiger partial charge >= 0.3 is 5.97 Å². The molecule has 4 nitrogen and oxygen atoms in total. The highest BCUT2D eigenvalue weighted by Gasteiger charge is 2.11. The van der Waals surface area contributed by atoms with E-state index in [-0.39, 0.29) is 5.97 Å². The molecule has 2 heterocycles. The zero-order chi connectivity index (χ0) is 11.5. The average molecular weight is 218 g/mol. The molecule has 2 aromatic heterocycles. The summed E-state index contributed by atoms with van der Waals surface area (Å²) in [6.07, 6.45) is 3.93. The summed E-state index contributed by atoms with van der Waals surface area (Å²) >= 11 is 0. The van der Waals surface area contributed by atoms with Crippen LogP contribution in [0.5, 0.6) is 5.75 Å². The van der Waals surface area contributed by atoms with Crippen molar-refractivity contribution in [3.8, 4) is 5.75 Å². The van der Waals surface area contributed by atoms with Crippen LogP contribution in [0.3, 0.4) is 0 Å². The maximum Gasteiger partial charge on any atom is 0.310 e. The molecule has 0 amide bonds. The Morgan fingerprint density at radius 2 is 2.31 bits per heavy atom. The van der Waals surface area contributed by atoms with E-state index in [0.29, 0.717) is 12.2 Å². The summed E-state index contributed by atoms with van der Waals surface area (Å²) in [4.78, 5) is 15.5. The van der Waals surface area contributed by atoms with Gasteiger partial charge in [-0.25, -0.2) is 4.98 Å². The summed E-state index contributed by atoms with van der Waals surface area (Å²) in [5, 5.41) is 0.881. The molecule has 0 spiro atoms. The van der Waals surface area contributed by atoms with Crippen molar-refractivity contribution in [1.29, 1.82) is 0 Å². The second-order valence-electron chi connectivity index (χ2n) is 3.48. The monoisotopic (exact) mass is 218 g/mol. The number of aromatic nitrogens is 2. The Balaban J connectivity index is 2.49. The number of rotatable bonds is 3. The predicted octanol–water partition coefficient (Wildman–Crippen LogP) is 2.37. The number of aryl methyl sites for hydroxylation is 1. The highest BCUT2D eigenvalue weighted by molar-refractivity contribution is 5.86. The minimum atomic E-state index is -0.223. The van der Waals surface area contributed by atoms with Gasteiger partial charge in [-0.2, -0.15) is 0 Å². The number of hydrogen-bond acceptors (Lipinski definition) is 3. The van der Waals surface area contributed by atoms with Gasteiger partial charge in [0.2, 0.25) is 0 Å². The normalized spacial score (nSPS) is 10.6. The minimum Gasteiger partial charge on any atom is -0.424 e. The summed E-state index contributed by atoms with van der Waals surface area (Å²) < 4.78 is 7.23. The van der Waals surface area contributed by atoms with Crippen molar-refractivity contribution < 1.29 is 9.53 Å². The average Bonchev–Trinajstić information content (AvgIpc) is 2.68. The van der Waals surface area contributed by atoms with Crippen molar-refractivity contribution in [3.63, 3.8) is 0 Å². The molecule has 84 valence electrons. The van der Waals surface area contributed by atoms with Gasteiger partial charge in [-0.05, 0) is 19.1 Å². The molecule has 0 saturated heterocycles. The van der Waals surface area contributed by atoms with E-state index >= 15 is 0 Å². The number of ether oxygens (including phenoxy) is 1. The molecule has 0 aliphatic rings. The van der Waals surface area contributed by atoms with E-state index in [0.717, 1.165) is 17.6 Å². The molecule has 16 heavy (non-hydrogen) atoms. The Kier molecular flexibility index (Phi) is 2.90. The zero-order valence-electron chi connectivity index (χ0n) is 9.43. The number of nitrogens with zero attached hydrogens (tertiary/aromatic N) is 2. The fourth-order valence-corrected chi connectivity index (χ4v) is 1.61. The second kappa shape index (κ2) is 4.35. The largest absolute Gasteiger partial charge is 0.424 e. The van der Waals surface area contributed by atoms with Crippen LogP contribution in [0, 0.1) is 0 Å². The Labute approximate surface area is 93.9 Å². The minimum absolute atomic E-state index is 0.223. The fourth-order valence-electron chi connectivity index (χ4n) is 1.61. The molecule has 0 atom stereocenters. The number of carbonyl (C=O) groups is 1. The molecule has 0 bridgehead atoms. The lowest BCUT2D eigenvalue weighted by molar-refractivity contribution is -0.133. The molecule has 0 saturated carbocycles. The lowest BCUT2D eigenvalue weighted by Crippen LogP contribution is -2.04. The summed E-state index contributed by atoms with van der Waals surface area (Å²) in [6, 6.07) is 3.75. The third-order valence-corrected chi connectivity index (χ3v) is 2.45. The SMILES string of the molecule is CCC(=O)Oc1cn(CC)c2ncccc12. The van der Waals surface area contributed by atoms with Crippen molar-refractivity contribution in [3.05, 3.63) is 24.5 Å². The van der Waals surface area contributed by atoms with Crippen LogP contribution in [0.15, 0.2) is 24.5 Å². The Hall–Kier alpha value is -1.84. The molecule has 0 aliphatic heterocycles. The van der Waals surface area contributed by atoms with Gasteiger partial charge in [0.05, 0.1) is 5.39 Å². The van der Waals surface area contributed by atoms with Crippen molar-refractivity contribution >= 4 is 17.0 Å². The van der Waals surface area contributed by atoms with Crippen molar-refractivity contribution in [2.45, 2.75) is 26.8 Å². The number of fused-ring (bicyclic) bond motifs is 1. The van der Waals surface area contributed by atoms with Gasteiger partial charge in [0.15, 0.2) is 5.75 Å². The van der Waals surface area contributed by atoms with Gasteiger partial charge in [0, 0.05) is 25.4 Å². The van der Waals surface area contributed by atoms with Crippen molar-refractivity contribution in [2.75, 3.05) is 0 Å². The van der Waals surface area contributed by atoms with Gasteiger partial charge in [-0.3, -0.25) is 4.79 Å². The van der Waals surface area contributed by atoms with Crippen LogP contribution in [0.1, 0.15) is 20.3 Å². The van der Waals surface area contributed by atoms with Crippen LogP contribution in [-0.4, -0.2) is 15.5 Å². The van der Waals surface area contributed by atoms with Crippen LogP contribution < -0.4 is 4.74 Å². The van der Waals surface area contributed by atoms with E-state index in [1.54, 1.807) is 13.1 Å². The van der Waals surface area contributed by atoms with Gasteiger partial charge < -0.3 is 9.30 Å². The van der Waals surface area contributed by atoms with Gasteiger partial charge in [-0.1, -0.05) is 6.92 Å². The highest BCUT2D eigenvalue weighted by Crippen LogP contribution is 2.26. The molecular formula is C12H14N2O2. The highest BCUT2D eigenvalue weighted by atomic mass is 16.5. The van der Waals surface area contributed by atoms with Crippen LogP contribution in [-0.2, 0) is 11.3 Å². The number of hydrogen-bond donors (Lipinski definition) is 0. The molecule has 0 radical (unpaired) electrons. The summed E-state index contributed by atoms with van der Waals surface area (Å²) in [6.45, 7) is 4.61. The van der Waals surface area contributed by atoms with Crippen LogP contribution in [0.4, 0.5) is 0 Å². The number of carbonyl (C=O) groups excluding carboxylic acids is 1. The smallest absolute Gasteiger partial charge is 0.310 e. The number of pyridine rings is 1. The topological polar surface area (TPSA) is 44.1 Å². The zero-order valence-corrected chi connectivity index (χ0v) is 9.43. The lowest BCUT2D eigenvalue weighted by atomic mass is 10.3. The van der Waals surface area contributed by atoms with Crippen molar-refractivity contribution in [2.24, 2.45) is 0 Å². The first-order chi connectivity index (χ1) is 7.76. The second-order valence-corrected chi connectivity index (χ2v) is 3.48. The first-order valence-corrected chi connectivity index (χ1v) is 5.40. The molecule has 4 heteroatoms. The fraction of sp³-hybridized carbons (Fsp3) is 0.333. The summed E-state index contributed by atoms with van der Waals surface area (Å²) in [5.41, 5.74) is 0.851. The van der Waals surface area contributed by atoms with Crippen molar-refractivity contribution in [1.82, 2.24) is 9.55 Å². The van der Waals surface area contributed by atoms with Gasteiger partial charge in [0.1, 0.15) is 5.65 Å². The third-order valence-electron chi connectivity index (χ3n) is 2.45. The standard InChI is InChI=1S/C12H14N2O2/c1-3-11(15)16-10-8-14(4-2)12-9(10)6-5-7-13-12/h5-8H,3-4H2,1-2H3. The van der Waals surface area contributed by atoms with E-state index in [2.05, 4.69) is 4.98 Å². The maximum atomic E-state index is 11.3. The quantitative estimate of drug-likeness (QED) is 0.743. The molecule has 2 aromatic rings. The molecular weight excluding hydrogens is 204 g/mol. The van der Waals surface area contributed by atoms with E-state index in [4.69, 9.17) is 4.74 Å². The predicted molar refractivity (Wildman–Crippen MR) is 61.3 cm³/mol. The van der Waals surface area contributed by atoms with Gasteiger partial charge in [0.25, 0.3) is 0 Å². The number of esters is 1. The first-order valence-electron chi connectivity index (χ1n) is 5.40. The van der Waals surface area contributed by atoms with Crippen LogP contribution in [0.2, 0.25) is 0 Å². The molecule has 0 unspecified atom stereocenters. The van der Waals surface area contributed by atoms with E-state index in [1.807, 2.05) is 29.8 Å². The van der Waals surface area contributed by atoms with Gasteiger partial charge in [-0.15, -0.1) is 0 Å². The molecule has 0 fully saturated rings. The summed E-state index contributed by atoms with van der Waals surface area (Å²) in [5.74, 6) is 0.371. The molecule has 0 aliphatic carbocycles. The molecule has 0 aromatic carbocycles.